The number of ketones is 1. The van der Waals surface area contributed by atoms with Crippen LogP contribution in [0, 0.1) is 11.3 Å². The molecular weight excluding hydrogens is 350 g/mol. The van der Waals surface area contributed by atoms with E-state index in [1.165, 1.54) is 11.3 Å². The zero-order valence-corrected chi connectivity index (χ0v) is 15.8. The summed E-state index contributed by atoms with van der Waals surface area (Å²) in [6.07, 6.45) is 2.05. The van der Waals surface area contributed by atoms with Crippen molar-refractivity contribution >= 4 is 23.1 Å². The quantitative estimate of drug-likeness (QED) is 0.712. The fraction of sp³-hybridized carbons (Fsp3) is 0.450. The summed E-state index contributed by atoms with van der Waals surface area (Å²) in [7, 11) is 0. The minimum absolute atomic E-state index is 0.0645. The molecule has 1 aliphatic carbocycles. The van der Waals surface area contributed by atoms with Crippen molar-refractivity contribution in [1.29, 1.82) is 0 Å². The number of Topliss-reactive ketones (excluding diaryl/α,β-unsaturated/α-hetero) is 1. The van der Waals surface area contributed by atoms with Gasteiger partial charge in [0.25, 0.3) is 0 Å². The predicted molar refractivity (Wildman–Crippen MR) is 101 cm³/mol. The average Bonchev–Trinajstić information content (AvgIpc) is 3.36. The lowest BCUT2D eigenvalue weighted by Crippen LogP contribution is -2.33. The minimum atomic E-state index is -0.939. The van der Waals surface area contributed by atoms with Crippen molar-refractivity contribution in [2.45, 2.75) is 39.5 Å². The third-order valence-electron chi connectivity index (χ3n) is 4.87. The maximum Gasteiger partial charge on any atom is 0.310 e. The second-order valence-corrected chi connectivity index (χ2v) is 7.85. The van der Waals surface area contributed by atoms with Crippen molar-refractivity contribution in [3.05, 3.63) is 35.3 Å². The second kappa shape index (κ2) is 7.58. The van der Waals surface area contributed by atoms with E-state index >= 15 is 0 Å². The van der Waals surface area contributed by atoms with Crippen molar-refractivity contribution < 1.29 is 19.4 Å². The normalized spacial score (nSPS) is 16.1. The first kappa shape index (κ1) is 18.6. The number of hydrogen-bond acceptors (Lipinski definition) is 5. The van der Waals surface area contributed by atoms with Crippen molar-refractivity contribution in [2.75, 3.05) is 6.61 Å². The molecule has 0 saturated heterocycles. The first-order valence-corrected chi connectivity index (χ1v) is 9.73. The SMILES string of the molecule is CCOc1ccc(-c2nc(CC(=O)CC(C)(C(=O)O)C3CC3)cs2)cc1. The largest absolute Gasteiger partial charge is 0.494 e. The Bertz CT molecular complexity index is 794. The molecule has 1 fully saturated rings. The van der Waals surface area contributed by atoms with Crippen LogP contribution in [0.4, 0.5) is 0 Å². The van der Waals surface area contributed by atoms with Gasteiger partial charge in [-0.05, 0) is 56.9 Å². The van der Waals surface area contributed by atoms with Crippen molar-refractivity contribution in [3.8, 4) is 16.3 Å². The first-order valence-electron chi connectivity index (χ1n) is 8.85. The van der Waals surface area contributed by atoms with Crippen molar-refractivity contribution in [1.82, 2.24) is 4.98 Å². The van der Waals surface area contributed by atoms with Gasteiger partial charge in [-0.2, -0.15) is 0 Å². The van der Waals surface area contributed by atoms with Gasteiger partial charge in [0.1, 0.15) is 16.5 Å². The summed E-state index contributed by atoms with van der Waals surface area (Å²) < 4.78 is 5.43. The summed E-state index contributed by atoms with van der Waals surface area (Å²) in [6, 6.07) is 7.70. The molecule has 0 amide bonds. The van der Waals surface area contributed by atoms with Gasteiger partial charge in [-0.3, -0.25) is 9.59 Å². The van der Waals surface area contributed by atoms with E-state index in [-0.39, 0.29) is 24.5 Å². The number of hydrogen-bond donors (Lipinski definition) is 1. The number of carboxylic acids is 1. The minimum Gasteiger partial charge on any atom is -0.494 e. The molecule has 26 heavy (non-hydrogen) atoms. The number of carbonyl (C=O) groups excluding carboxylic acids is 1. The molecule has 6 heteroatoms. The topological polar surface area (TPSA) is 76.5 Å². The van der Waals surface area contributed by atoms with Gasteiger partial charge < -0.3 is 9.84 Å². The third-order valence-corrected chi connectivity index (χ3v) is 5.81. The second-order valence-electron chi connectivity index (χ2n) is 6.99. The molecule has 2 aromatic rings. The van der Waals surface area contributed by atoms with Gasteiger partial charge in [-0.1, -0.05) is 0 Å². The number of thiazole rings is 1. The highest BCUT2D eigenvalue weighted by atomic mass is 32.1. The molecule has 1 unspecified atom stereocenters. The van der Waals surface area contributed by atoms with Crippen LogP contribution in [0.25, 0.3) is 10.6 Å². The molecule has 3 rings (SSSR count). The Morgan fingerprint density at radius 3 is 2.58 bits per heavy atom. The molecular formula is C20H23NO4S. The number of carboxylic acid groups (broad SMARTS) is 1. The summed E-state index contributed by atoms with van der Waals surface area (Å²) in [4.78, 5) is 28.5. The van der Waals surface area contributed by atoms with E-state index in [0.29, 0.717) is 12.3 Å². The number of ether oxygens (including phenoxy) is 1. The lowest BCUT2D eigenvalue weighted by molar-refractivity contribution is -0.151. The number of aliphatic carboxylic acids is 1. The van der Waals surface area contributed by atoms with E-state index in [9.17, 15) is 14.7 Å². The maximum absolute atomic E-state index is 12.4. The molecule has 1 heterocycles. The molecule has 1 atom stereocenters. The molecule has 0 aliphatic heterocycles. The van der Waals surface area contributed by atoms with Crippen molar-refractivity contribution in [2.24, 2.45) is 11.3 Å². The van der Waals surface area contributed by atoms with E-state index in [4.69, 9.17) is 4.74 Å². The molecule has 1 aromatic carbocycles. The summed E-state index contributed by atoms with van der Waals surface area (Å²) in [5, 5.41) is 12.2. The Kier molecular flexibility index (Phi) is 5.41. The average molecular weight is 373 g/mol. The van der Waals surface area contributed by atoms with E-state index in [2.05, 4.69) is 4.98 Å². The van der Waals surface area contributed by atoms with Crippen molar-refractivity contribution in [3.63, 3.8) is 0 Å². The smallest absolute Gasteiger partial charge is 0.310 e. The van der Waals surface area contributed by atoms with Gasteiger partial charge in [-0.15, -0.1) is 11.3 Å². The van der Waals surface area contributed by atoms with E-state index in [0.717, 1.165) is 29.2 Å². The Morgan fingerprint density at radius 2 is 2.00 bits per heavy atom. The van der Waals surface area contributed by atoms with Crippen LogP contribution in [0.3, 0.4) is 0 Å². The highest BCUT2D eigenvalue weighted by Gasteiger charge is 2.48. The molecule has 0 radical (unpaired) electrons. The van der Waals surface area contributed by atoms with E-state index in [1.807, 2.05) is 36.6 Å². The van der Waals surface area contributed by atoms with Gasteiger partial charge in [0, 0.05) is 23.8 Å². The molecule has 1 aliphatic rings. The fourth-order valence-corrected chi connectivity index (χ4v) is 4.00. The Morgan fingerprint density at radius 1 is 1.31 bits per heavy atom. The lowest BCUT2D eigenvalue weighted by Gasteiger charge is -2.23. The van der Waals surface area contributed by atoms with Crippen LogP contribution in [0.2, 0.25) is 0 Å². The molecule has 0 bridgehead atoms. The molecule has 138 valence electrons. The van der Waals surface area contributed by atoms with E-state index < -0.39 is 11.4 Å². The van der Waals surface area contributed by atoms with Crippen LogP contribution >= 0.6 is 11.3 Å². The number of aromatic nitrogens is 1. The first-order chi connectivity index (χ1) is 12.4. The Balaban J connectivity index is 1.64. The van der Waals surface area contributed by atoms with E-state index in [1.54, 1.807) is 6.92 Å². The summed E-state index contributed by atoms with van der Waals surface area (Å²) in [5.74, 6) is 0.00193. The molecule has 1 saturated carbocycles. The third kappa shape index (κ3) is 4.12. The number of benzene rings is 1. The zero-order chi connectivity index (χ0) is 18.7. The monoisotopic (exact) mass is 373 g/mol. The molecule has 5 nitrogen and oxygen atoms in total. The highest BCUT2D eigenvalue weighted by molar-refractivity contribution is 7.13. The number of nitrogens with zero attached hydrogens (tertiary/aromatic N) is 1. The Hall–Kier alpha value is -2.21. The highest BCUT2D eigenvalue weighted by Crippen LogP contribution is 2.48. The van der Waals surface area contributed by atoms with Crippen LogP contribution in [0.15, 0.2) is 29.6 Å². The number of carbonyl (C=O) groups is 2. The van der Waals surface area contributed by atoms with Gasteiger partial charge in [0.2, 0.25) is 0 Å². The Labute approximate surface area is 157 Å². The summed E-state index contributed by atoms with van der Waals surface area (Å²) in [5.41, 5.74) is 0.739. The van der Waals surface area contributed by atoms with Gasteiger partial charge >= 0.3 is 5.97 Å². The summed E-state index contributed by atoms with van der Waals surface area (Å²) in [6.45, 7) is 4.26. The van der Waals surface area contributed by atoms with Crippen LogP contribution in [-0.4, -0.2) is 28.4 Å². The van der Waals surface area contributed by atoms with Gasteiger partial charge in [0.15, 0.2) is 0 Å². The maximum atomic E-state index is 12.4. The molecule has 0 spiro atoms. The predicted octanol–water partition coefficient (Wildman–Crippen LogP) is 4.21. The lowest BCUT2D eigenvalue weighted by atomic mass is 9.79. The van der Waals surface area contributed by atoms with Crippen LogP contribution in [-0.2, 0) is 16.0 Å². The van der Waals surface area contributed by atoms with Gasteiger partial charge in [-0.25, -0.2) is 4.98 Å². The van der Waals surface area contributed by atoms with Crippen LogP contribution < -0.4 is 4.74 Å². The fourth-order valence-electron chi connectivity index (χ4n) is 3.17. The van der Waals surface area contributed by atoms with Crippen LogP contribution in [0.5, 0.6) is 5.75 Å². The molecule has 1 aromatic heterocycles. The zero-order valence-electron chi connectivity index (χ0n) is 15.0. The van der Waals surface area contributed by atoms with Gasteiger partial charge in [0.05, 0.1) is 17.7 Å². The number of rotatable bonds is 9. The standard InChI is InChI=1S/C20H23NO4S/c1-3-25-17-8-4-13(5-9-17)18-21-15(12-26-18)10-16(22)11-20(2,19(23)24)14-6-7-14/h4-5,8-9,12,14H,3,6-7,10-11H2,1-2H3,(H,23,24). The summed E-state index contributed by atoms with van der Waals surface area (Å²) >= 11 is 1.49. The van der Waals surface area contributed by atoms with Crippen LogP contribution in [0.1, 0.15) is 38.8 Å². The molecule has 1 N–H and O–H groups in total.